The standard InChI is InChI=1S/C9H13NO3S/c1-3-4-10-8(11)6-14-5-7(2)9(12)13/h1,7H,4-6H2,2H3,(H,10,11)(H,12,13). The van der Waals surface area contributed by atoms with Gasteiger partial charge in [0, 0.05) is 5.75 Å². The summed E-state index contributed by atoms with van der Waals surface area (Å²) >= 11 is 1.29. The first-order valence-corrected chi connectivity index (χ1v) is 5.24. The molecule has 0 bridgehead atoms. The summed E-state index contributed by atoms with van der Waals surface area (Å²) in [6.07, 6.45) is 4.94. The highest BCUT2D eigenvalue weighted by Crippen LogP contribution is 2.07. The fourth-order valence-electron chi connectivity index (χ4n) is 0.600. The third-order valence-electron chi connectivity index (χ3n) is 1.41. The van der Waals surface area contributed by atoms with Crippen LogP contribution in [-0.2, 0) is 9.59 Å². The monoisotopic (exact) mass is 215 g/mol. The van der Waals surface area contributed by atoms with Gasteiger partial charge in [0.1, 0.15) is 0 Å². The van der Waals surface area contributed by atoms with E-state index in [1.165, 1.54) is 11.8 Å². The van der Waals surface area contributed by atoms with Crippen molar-refractivity contribution in [1.82, 2.24) is 5.32 Å². The van der Waals surface area contributed by atoms with E-state index < -0.39 is 11.9 Å². The number of nitrogens with one attached hydrogen (secondary N) is 1. The number of rotatable bonds is 6. The highest BCUT2D eigenvalue weighted by molar-refractivity contribution is 7.99. The van der Waals surface area contributed by atoms with Crippen molar-refractivity contribution in [3.8, 4) is 12.3 Å². The largest absolute Gasteiger partial charge is 0.481 e. The first-order chi connectivity index (χ1) is 6.57. The average Bonchev–Trinajstić information content (AvgIpc) is 2.14. The van der Waals surface area contributed by atoms with E-state index in [0.29, 0.717) is 5.75 Å². The summed E-state index contributed by atoms with van der Waals surface area (Å²) in [5.74, 6) is 1.52. The lowest BCUT2D eigenvalue weighted by atomic mass is 10.2. The molecule has 0 saturated heterocycles. The molecule has 0 radical (unpaired) electrons. The van der Waals surface area contributed by atoms with E-state index in [1.54, 1.807) is 6.92 Å². The molecule has 0 spiro atoms. The van der Waals surface area contributed by atoms with Gasteiger partial charge in [0.05, 0.1) is 18.2 Å². The number of terminal acetylenes is 1. The molecule has 0 aromatic rings. The second-order valence-corrected chi connectivity index (χ2v) is 3.77. The molecule has 1 unspecified atom stereocenters. The predicted octanol–water partition coefficient (Wildman–Crippen LogP) is 0.190. The Balaban J connectivity index is 3.50. The van der Waals surface area contributed by atoms with Crippen molar-refractivity contribution in [3.63, 3.8) is 0 Å². The van der Waals surface area contributed by atoms with E-state index in [4.69, 9.17) is 11.5 Å². The zero-order chi connectivity index (χ0) is 11.0. The van der Waals surface area contributed by atoms with Crippen LogP contribution in [-0.4, -0.2) is 35.0 Å². The zero-order valence-electron chi connectivity index (χ0n) is 7.95. The van der Waals surface area contributed by atoms with E-state index in [2.05, 4.69) is 11.2 Å². The number of hydrogen-bond acceptors (Lipinski definition) is 3. The van der Waals surface area contributed by atoms with Crippen LogP contribution in [0.2, 0.25) is 0 Å². The molecule has 2 N–H and O–H groups in total. The molecule has 1 atom stereocenters. The van der Waals surface area contributed by atoms with Gasteiger partial charge in [-0.15, -0.1) is 6.42 Å². The van der Waals surface area contributed by atoms with Crippen molar-refractivity contribution in [2.75, 3.05) is 18.1 Å². The summed E-state index contributed by atoms with van der Waals surface area (Å²) in [5.41, 5.74) is 0. The van der Waals surface area contributed by atoms with E-state index in [-0.39, 0.29) is 18.2 Å². The fraction of sp³-hybridized carbons (Fsp3) is 0.556. The number of thioether (sulfide) groups is 1. The number of carbonyl (C=O) groups is 2. The molecule has 0 aromatic carbocycles. The molecular weight excluding hydrogens is 202 g/mol. The second-order valence-electron chi connectivity index (χ2n) is 2.74. The first-order valence-electron chi connectivity index (χ1n) is 4.08. The van der Waals surface area contributed by atoms with Crippen LogP contribution in [0.5, 0.6) is 0 Å². The topological polar surface area (TPSA) is 66.4 Å². The predicted molar refractivity (Wildman–Crippen MR) is 56.0 cm³/mol. The van der Waals surface area contributed by atoms with E-state index in [1.807, 2.05) is 0 Å². The zero-order valence-corrected chi connectivity index (χ0v) is 8.76. The Bertz CT molecular complexity index is 247. The van der Waals surface area contributed by atoms with Crippen molar-refractivity contribution >= 4 is 23.6 Å². The number of carbonyl (C=O) groups excluding carboxylic acids is 1. The van der Waals surface area contributed by atoms with Gasteiger partial charge in [-0.3, -0.25) is 9.59 Å². The third-order valence-corrected chi connectivity index (χ3v) is 2.61. The van der Waals surface area contributed by atoms with Crippen LogP contribution >= 0.6 is 11.8 Å². The Labute approximate surface area is 87.4 Å². The lowest BCUT2D eigenvalue weighted by molar-refractivity contribution is -0.140. The van der Waals surface area contributed by atoms with Crippen LogP contribution in [0.15, 0.2) is 0 Å². The van der Waals surface area contributed by atoms with Crippen LogP contribution in [0.25, 0.3) is 0 Å². The average molecular weight is 215 g/mol. The van der Waals surface area contributed by atoms with E-state index in [9.17, 15) is 9.59 Å². The minimum absolute atomic E-state index is 0.162. The summed E-state index contributed by atoms with van der Waals surface area (Å²) in [7, 11) is 0. The molecule has 1 amide bonds. The van der Waals surface area contributed by atoms with Gasteiger partial charge in [-0.1, -0.05) is 12.8 Å². The lowest BCUT2D eigenvalue weighted by Crippen LogP contribution is -2.26. The molecule has 0 fully saturated rings. The Kier molecular flexibility index (Phi) is 6.68. The van der Waals surface area contributed by atoms with Crippen molar-refractivity contribution < 1.29 is 14.7 Å². The Morgan fingerprint density at radius 1 is 1.64 bits per heavy atom. The minimum Gasteiger partial charge on any atom is -0.481 e. The molecule has 78 valence electrons. The van der Waals surface area contributed by atoms with Crippen LogP contribution in [0.4, 0.5) is 0 Å². The van der Waals surface area contributed by atoms with Crippen molar-refractivity contribution in [3.05, 3.63) is 0 Å². The number of carboxylic acid groups (broad SMARTS) is 1. The quantitative estimate of drug-likeness (QED) is 0.621. The highest BCUT2D eigenvalue weighted by atomic mass is 32.2. The number of amides is 1. The maximum atomic E-state index is 11.0. The molecule has 0 aliphatic carbocycles. The molecule has 5 heteroatoms. The van der Waals surface area contributed by atoms with Crippen molar-refractivity contribution in [2.45, 2.75) is 6.92 Å². The highest BCUT2D eigenvalue weighted by Gasteiger charge is 2.11. The summed E-state index contributed by atoms with van der Waals surface area (Å²) in [5, 5.41) is 11.0. The van der Waals surface area contributed by atoms with E-state index >= 15 is 0 Å². The number of aliphatic carboxylic acids is 1. The van der Waals surface area contributed by atoms with Crippen LogP contribution in [0.1, 0.15) is 6.92 Å². The molecule has 14 heavy (non-hydrogen) atoms. The number of hydrogen-bond donors (Lipinski definition) is 2. The first kappa shape index (κ1) is 12.8. The molecule has 0 rings (SSSR count). The molecule has 0 saturated carbocycles. The van der Waals surface area contributed by atoms with Gasteiger partial charge >= 0.3 is 5.97 Å². The van der Waals surface area contributed by atoms with Gasteiger partial charge < -0.3 is 10.4 Å². The Morgan fingerprint density at radius 2 is 2.29 bits per heavy atom. The van der Waals surface area contributed by atoms with Crippen molar-refractivity contribution in [2.24, 2.45) is 5.92 Å². The maximum absolute atomic E-state index is 11.0. The third kappa shape index (κ3) is 6.38. The van der Waals surface area contributed by atoms with Crippen molar-refractivity contribution in [1.29, 1.82) is 0 Å². The van der Waals surface area contributed by atoms with E-state index in [0.717, 1.165) is 0 Å². The summed E-state index contributed by atoms with van der Waals surface area (Å²) in [6.45, 7) is 1.82. The summed E-state index contributed by atoms with van der Waals surface area (Å²) in [6, 6.07) is 0. The van der Waals surface area contributed by atoms with Crippen LogP contribution < -0.4 is 5.32 Å². The SMILES string of the molecule is C#CCNC(=O)CSCC(C)C(=O)O. The molecular formula is C9H13NO3S. The molecule has 4 nitrogen and oxygen atoms in total. The second kappa shape index (κ2) is 7.27. The van der Waals surface area contributed by atoms with Gasteiger partial charge in [-0.25, -0.2) is 0 Å². The normalized spacial score (nSPS) is 11.4. The molecule has 0 aromatic heterocycles. The Morgan fingerprint density at radius 3 is 2.79 bits per heavy atom. The maximum Gasteiger partial charge on any atom is 0.307 e. The Hall–Kier alpha value is -1.15. The van der Waals surface area contributed by atoms with Gasteiger partial charge in [0.15, 0.2) is 0 Å². The smallest absolute Gasteiger partial charge is 0.307 e. The van der Waals surface area contributed by atoms with Gasteiger partial charge in [-0.2, -0.15) is 11.8 Å². The molecule has 0 heterocycles. The minimum atomic E-state index is -0.846. The lowest BCUT2D eigenvalue weighted by Gasteiger charge is -2.05. The molecule has 0 aliphatic rings. The number of carboxylic acids is 1. The van der Waals surface area contributed by atoms with Gasteiger partial charge in [0.25, 0.3) is 0 Å². The van der Waals surface area contributed by atoms with Crippen LogP contribution in [0, 0.1) is 18.3 Å². The van der Waals surface area contributed by atoms with Crippen LogP contribution in [0.3, 0.4) is 0 Å². The summed E-state index contributed by atoms with van der Waals surface area (Å²) < 4.78 is 0. The van der Waals surface area contributed by atoms with Gasteiger partial charge in [-0.05, 0) is 0 Å². The van der Waals surface area contributed by atoms with Gasteiger partial charge in [0.2, 0.25) is 5.91 Å². The molecule has 0 aliphatic heterocycles. The fourth-order valence-corrected chi connectivity index (χ4v) is 1.50. The summed E-state index contributed by atoms with van der Waals surface area (Å²) in [4.78, 5) is 21.4.